The van der Waals surface area contributed by atoms with Crippen LogP contribution in [-0.2, 0) is 7.05 Å². The number of aromatic nitrogens is 3. The molecule has 0 atom stereocenters. The van der Waals surface area contributed by atoms with Crippen molar-refractivity contribution in [2.24, 2.45) is 7.05 Å². The smallest absolute Gasteiger partial charge is 0.280 e. The average Bonchev–Trinajstić information content (AvgIpc) is 3.23. The summed E-state index contributed by atoms with van der Waals surface area (Å²) in [5.41, 5.74) is 1.99. The molecule has 0 spiro atoms. The van der Waals surface area contributed by atoms with E-state index in [4.69, 9.17) is 16.3 Å². The lowest BCUT2D eigenvalue weighted by atomic mass is 10.3. The molecule has 28 heavy (non-hydrogen) atoms. The highest BCUT2D eigenvalue weighted by atomic mass is 35.5. The molecular formula is C19H24ClN5O2S. The average molecular weight is 422 g/mol. The minimum Gasteiger partial charge on any atom is -0.494 e. The minimum absolute atomic E-state index is 0.170. The number of methoxy groups -OCH3 is 1. The number of thiazole rings is 1. The molecule has 0 unspecified atom stereocenters. The van der Waals surface area contributed by atoms with Crippen LogP contribution in [-0.4, -0.2) is 59.9 Å². The number of anilines is 1. The minimum atomic E-state index is -0.170. The number of carbonyl (C=O) groups excluding carboxylic acids is 1. The Morgan fingerprint density at radius 2 is 2.07 bits per heavy atom. The summed E-state index contributed by atoms with van der Waals surface area (Å²) < 4.78 is 7.91. The number of benzene rings is 1. The molecule has 9 heteroatoms. The fraction of sp³-hybridized carbons (Fsp3) is 0.421. The van der Waals surface area contributed by atoms with Gasteiger partial charge in [-0.3, -0.25) is 14.4 Å². The molecule has 3 aromatic rings. The van der Waals surface area contributed by atoms with Crippen molar-refractivity contribution < 1.29 is 9.53 Å². The Kier molecular flexibility index (Phi) is 6.22. The predicted molar refractivity (Wildman–Crippen MR) is 114 cm³/mol. The molecule has 0 saturated carbocycles. The van der Waals surface area contributed by atoms with Crippen LogP contribution in [0.25, 0.3) is 10.2 Å². The van der Waals surface area contributed by atoms with Gasteiger partial charge in [0.1, 0.15) is 11.3 Å². The van der Waals surface area contributed by atoms with E-state index >= 15 is 0 Å². The number of hydrogen-bond donors (Lipinski definition) is 0. The summed E-state index contributed by atoms with van der Waals surface area (Å²) in [6, 6.07) is 5.36. The first-order valence-electron chi connectivity index (χ1n) is 8.92. The number of ether oxygens (including phenoxy) is 1. The van der Waals surface area contributed by atoms with Crippen molar-refractivity contribution in [1.82, 2.24) is 19.7 Å². The van der Waals surface area contributed by atoms with Gasteiger partial charge >= 0.3 is 0 Å². The lowest BCUT2D eigenvalue weighted by Crippen LogP contribution is -2.33. The van der Waals surface area contributed by atoms with E-state index in [0.29, 0.717) is 33.7 Å². The molecule has 0 radical (unpaired) electrons. The fourth-order valence-corrected chi connectivity index (χ4v) is 4.13. The van der Waals surface area contributed by atoms with Gasteiger partial charge in [0.25, 0.3) is 5.91 Å². The SMILES string of the molecule is COc1ccc(Cl)c2sc(N(CCCN(C)C)C(=O)c3cc(C)n(C)n3)nc12. The molecule has 0 aliphatic heterocycles. The number of carbonyl (C=O) groups is 1. The van der Waals surface area contributed by atoms with E-state index in [0.717, 1.165) is 23.4 Å². The summed E-state index contributed by atoms with van der Waals surface area (Å²) in [5, 5.41) is 5.53. The van der Waals surface area contributed by atoms with Crippen LogP contribution in [0.1, 0.15) is 22.6 Å². The van der Waals surface area contributed by atoms with Crippen LogP contribution in [0.15, 0.2) is 18.2 Å². The topological polar surface area (TPSA) is 63.5 Å². The van der Waals surface area contributed by atoms with E-state index in [1.807, 2.05) is 28.1 Å². The van der Waals surface area contributed by atoms with Crippen LogP contribution in [0.3, 0.4) is 0 Å². The Morgan fingerprint density at radius 3 is 2.68 bits per heavy atom. The predicted octanol–water partition coefficient (Wildman–Crippen LogP) is 3.60. The monoisotopic (exact) mass is 421 g/mol. The molecule has 2 heterocycles. The Labute approximate surface area is 173 Å². The van der Waals surface area contributed by atoms with Crippen molar-refractivity contribution >= 4 is 44.2 Å². The number of nitrogens with zero attached hydrogens (tertiary/aromatic N) is 5. The van der Waals surface area contributed by atoms with Gasteiger partial charge in [-0.15, -0.1) is 0 Å². The molecule has 1 amide bonds. The summed E-state index contributed by atoms with van der Waals surface area (Å²) in [6.45, 7) is 3.31. The van der Waals surface area contributed by atoms with Gasteiger partial charge in [0.05, 0.1) is 16.8 Å². The first-order valence-corrected chi connectivity index (χ1v) is 10.1. The van der Waals surface area contributed by atoms with Crippen molar-refractivity contribution in [3.63, 3.8) is 0 Å². The first-order chi connectivity index (χ1) is 13.3. The zero-order valence-electron chi connectivity index (χ0n) is 16.7. The van der Waals surface area contributed by atoms with Gasteiger partial charge in [-0.2, -0.15) is 5.10 Å². The van der Waals surface area contributed by atoms with Gasteiger partial charge in [-0.05, 0) is 52.2 Å². The number of amides is 1. The Bertz CT molecular complexity index is 978. The van der Waals surface area contributed by atoms with Crippen molar-refractivity contribution in [3.05, 3.63) is 34.6 Å². The standard InChI is InChI=1S/C19H24ClN5O2S/c1-12-11-14(22-24(12)4)18(26)25(10-6-9-23(2)3)19-21-16-15(27-5)8-7-13(20)17(16)28-19/h7-8,11H,6,9-10H2,1-5H3. The van der Waals surface area contributed by atoms with E-state index in [1.165, 1.54) is 11.3 Å². The first kappa shape index (κ1) is 20.6. The highest BCUT2D eigenvalue weighted by Crippen LogP contribution is 2.39. The molecule has 0 saturated heterocycles. The lowest BCUT2D eigenvalue weighted by Gasteiger charge is -2.20. The summed E-state index contributed by atoms with van der Waals surface area (Å²) in [5.74, 6) is 0.466. The van der Waals surface area contributed by atoms with Gasteiger partial charge in [-0.1, -0.05) is 22.9 Å². The number of fused-ring (bicyclic) bond motifs is 1. The molecule has 0 aliphatic carbocycles. The van der Waals surface area contributed by atoms with Gasteiger partial charge < -0.3 is 9.64 Å². The van der Waals surface area contributed by atoms with E-state index < -0.39 is 0 Å². The van der Waals surface area contributed by atoms with E-state index in [1.54, 1.807) is 34.9 Å². The van der Waals surface area contributed by atoms with Crippen molar-refractivity contribution in [1.29, 1.82) is 0 Å². The molecule has 3 rings (SSSR count). The summed E-state index contributed by atoms with van der Waals surface area (Å²) >= 11 is 7.75. The molecule has 0 N–H and O–H groups in total. The van der Waals surface area contributed by atoms with Crippen LogP contribution in [0.5, 0.6) is 5.75 Å². The maximum atomic E-state index is 13.2. The second kappa shape index (κ2) is 8.46. The van der Waals surface area contributed by atoms with E-state index in [-0.39, 0.29) is 5.91 Å². The third kappa shape index (κ3) is 4.14. The highest BCUT2D eigenvalue weighted by Gasteiger charge is 2.25. The van der Waals surface area contributed by atoms with Crippen LogP contribution >= 0.6 is 22.9 Å². The summed E-state index contributed by atoms with van der Waals surface area (Å²) in [7, 11) is 7.44. The number of rotatable bonds is 7. The molecular weight excluding hydrogens is 398 g/mol. The van der Waals surface area contributed by atoms with Crippen molar-refractivity contribution in [2.45, 2.75) is 13.3 Å². The Balaban J connectivity index is 2.01. The number of hydrogen-bond acceptors (Lipinski definition) is 6. The number of aryl methyl sites for hydroxylation is 2. The van der Waals surface area contributed by atoms with Crippen LogP contribution in [0, 0.1) is 6.92 Å². The Morgan fingerprint density at radius 1 is 1.32 bits per heavy atom. The second-order valence-electron chi connectivity index (χ2n) is 6.83. The van der Waals surface area contributed by atoms with Crippen LogP contribution < -0.4 is 9.64 Å². The van der Waals surface area contributed by atoms with Gasteiger partial charge in [0.2, 0.25) is 0 Å². The third-order valence-electron chi connectivity index (χ3n) is 4.46. The van der Waals surface area contributed by atoms with Crippen molar-refractivity contribution in [3.8, 4) is 5.75 Å². The second-order valence-corrected chi connectivity index (χ2v) is 8.22. The maximum Gasteiger partial charge on any atom is 0.280 e. The molecule has 2 aromatic heterocycles. The fourth-order valence-electron chi connectivity index (χ4n) is 2.85. The number of halogens is 1. The Hall–Kier alpha value is -2.16. The maximum absolute atomic E-state index is 13.2. The zero-order chi connectivity index (χ0) is 20.4. The lowest BCUT2D eigenvalue weighted by molar-refractivity contribution is 0.0980. The summed E-state index contributed by atoms with van der Waals surface area (Å²) in [6.07, 6.45) is 0.811. The normalized spacial score (nSPS) is 11.4. The zero-order valence-corrected chi connectivity index (χ0v) is 18.3. The van der Waals surface area contributed by atoms with E-state index in [2.05, 4.69) is 15.0 Å². The molecule has 7 nitrogen and oxygen atoms in total. The molecule has 150 valence electrons. The van der Waals surface area contributed by atoms with Crippen molar-refractivity contribution in [2.75, 3.05) is 39.2 Å². The molecule has 0 aliphatic rings. The summed E-state index contributed by atoms with van der Waals surface area (Å²) in [4.78, 5) is 21.7. The molecule has 0 bridgehead atoms. The van der Waals surface area contributed by atoms with Gasteiger partial charge in [0.15, 0.2) is 10.8 Å². The third-order valence-corrected chi connectivity index (χ3v) is 6.00. The van der Waals surface area contributed by atoms with Gasteiger partial charge in [0, 0.05) is 19.3 Å². The highest BCUT2D eigenvalue weighted by molar-refractivity contribution is 7.23. The van der Waals surface area contributed by atoms with Gasteiger partial charge in [-0.25, -0.2) is 4.98 Å². The van der Waals surface area contributed by atoms with Crippen LogP contribution in [0.4, 0.5) is 5.13 Å². The van der Waals surface area contributed by atoms with Crippen LogP contribution in [0.2, 0.25) is 5.02 Å². The molecule has 1 aromatic carbocycles. The van der Waals surface area contributed by atoms with E-state index in [9.17, 15) is 4.79 Å². The quantitative estimate of drug-likeness (QED) is 0.583. The largest absolute Gasteiger partial charge is 0.494 e. The molecule has 0 fully saturated rings.